The van der Waals surface area contributed by atoms with Crippen LogP contribution in [0.3, 0.4) is 0 Å². The number of hydrogen-bond donors (Lipinski definition) is 1. The molecule has 4 nitrogen and oxygen atoms in total. The summed E-state index contributed by atoms with van der Waals surface area (Å²) in [6.45, 7) is 12.0. The molecule has 0 spiro atoms. The van der Waals surface area contributed by atoms with Crippen molar-refractivity contribution in [1.29, 1.82) is 0 Å². The van der Waals surface area contributed by atoms with Gasteiger partial charge in [0.05, 0.1) is 31.1 Å². The number of hydrogen-bond acceptors (Lipinski definition) is 5. The lowest BCUT2D eigenvalue weighted by atomic mass is 10.2. The van der Waals surface area contributed by atoms with Crippen LogP contribution in [0.4, 0.5) is 0 Å². The fraction of sp³-hybridized carbons (Fsp3) is 0.786. The quantitative estimate of drug-likeness (QED) is 0.709. The Balaban J connectivity index is 2.12. The summed E-state index contributed by atoms with van der Waals surface area (Å²) in [7, 11) is 0. The maximum Gasteiger partial charge on any atom is 0.107 e. The Morgan fingerprint density at radius 1 is 1.32 bits per heavy atom. The molecule has 0 aliphatic rings. The summed E-state index contributed by atoms with van der Waals surface area (Å²) in [6.07, 6.45) is 1.15. The van der Waals surface area contributed by atoms with Crippen molar-refractivity contribution in [3.05, 3.63) is 16.1 Å². The number of thiazole rings is 1. The van der Waals surface area contributed by atoms with Gasteiger partial charge in [-0.15, -0.1) is 11.3 Å². The lowest BCUT2D eigenvalue weighted by Gasteiger charge is -2.19. The fourth-order valence-electron chi connectivity index (χ4n) is 1.45. The van der Waals surface area contributed by atoms with E-state index >= 15 is 0 Å². The van der Waals surface area contributed by atoms with Gasteiger partial charge in [-0.2, -0.15) is 0 Å². The Morgan fingerprint density at radius 3 is 2.79 bits per heavy atom. The van der Waals surface area contributed by atoms with Crippen molar-refractivity contribution in [2.24, 2.45) is 0 Å². The minimum Gasteiger partial charge on any atom is -0.373 e. The van der Waals surface area contributed by atoms with E-state index in [1.165, 1.54) is 0 Å². The number of nitrogens with one attached hydrogen (secondary N) is 1. The Hall–Kier alpha value is -0.490. The average molecular weight is 286 g/mol. The molecular weight excluding hydrogens is 260 g/mol. The third kappa shape index (κ3) is 8.31. The van der Waals surface area contributed by atoms with Crippen LogP contribution in [0.2, 0.25) is 0 Å². The van der Waals surface area contributed by atoms with Crippen molar-refractivity contribution in [3.8, 4) is 0 Å². The molecule has 0 aliphatic heterocycles. The van der Waals surface area contributed by atoms with E-state index in [1.54, 1.807) is 11.3 Å². The standard InChI is InChI=1S/C14H26N2O2S/c1-5-6-15-9-13-16-12(11-19-13)10-17-7-8-18-14(2,3)4/h11,15H,5-10H2,1-4H3. The summed E-state index contributed by atoms with van der Waals surface area (Å²) >= 11 is 1.68. The zero-order valence-electron chi connectivity index (χ0n) is 12.5. The van der Waals surface area contributed by atoms with Gasteiger partial charge in [-0.25, -0.2) is 4.98 Å². The van der Waals surface area contributed by atoms with E-state index < -0.39 is 0 Å². The zero-order valence-corrected chi connectivity index (χ0v) is 13.3. The first-order valence-electron chi connectivity index (χ1n) is 6.87. The van der Waals surface area contributed by atoms with Gasteiger partial charge in [-0.05, 0) is 33.7 Å². The van der Waals surface area contributed by atoms with E-state index in [1.807, 2.05) is 20.8 Å². The molecule has 0 saturated carbocycles. The van der Waals surface area contributed by atoms with E-state index in [2.05, 4.69) is 22.6 Å². The topological polar surface area (TPSA) is 43.4 Å². The monoisotopic (exact) mass is 286 g/mol. The smallest absolute Gasteiger partial charge is 0.107 e. The first kappa shape index (κ1) is 16.6. The van der Waals surface area contributed by atoms with Gasteiger partial charge in [-0.1, -0.05) is 6.92 Å². The molecule has 0 saturated heterocycles. The molecule has 0 amide bonds. The van der Waals surface area contributed by atoms with Crippen LogP contribution in [0.25, 0.3) is 0 Å². The van der Waals surface area contributed by atoms with Crippen molar-refractivity contribution < 1.29 is 9.47 Å². The molecule has 0 radical (unpaired) electrons. The van der Waals surface area contributed by atoms with Crippen LogP contribution in [-0.2, 0) is 22.6 Å². The van der Waals surface area contributed by atoms with Crippen molar-refractivity contribution in [1.82, 2.24) is 10.3 Å². The molecule has 1 rings (SSSR count). The van der Waals surface area contributed by atoms with E-state index in [4.69, 9.17) is 9.47 Å². The molecule has 5 heteroatoms. The summed E-state index contributed by atoms with van der Waals surface area (Å²) in [5.74, 6) is 0. The summed E-state index contributed by atoms with van der Waals surface area (Å²) in [5.41, 5.74) is 0.913. The molecule has 1 aromatic rings. The molecule has 0 bridgehead atoms. The van der Waals surface area contributed by atoms with Gasteiger partial charge in [0, 0.05) is 11.9 Å². The lowest BCUT2D eigenvalue weighted by molar-refractivity contribution is -0.0380. The number of aromatic nitrogens is 1. The maximum absolute atomic E-state index is 5.59. The maximum atomic E-state index is 5.59. The minimum absolute atomic E-state index is 0.0951. The lowest BCUT2D eigenvalue weighted by Crippen LogP contribution is -2.21. The Labute approximate surface area is 120 Å². The normalized spacial score (nSPS) is 12.0. The van der Waals surface area contributed by atoms with Crippen LogP contribution in [0, 0.1) is 0 Å². The molecular formula is C14H26N2O2S. The van der Waals surface area contributed by atoms with Crippen LogP contribution < -0.4 is 5.32 Å². The highest BCUT2D eigenvalue weighted by Gasteiger charge is 2.09. The fourth-order valence-corrected chi connectivity index (χ4v) is 2.20. The third-order valence-electron chi connectivity index (χ3n) is 2.32. The van der Waals surface area contributed by atoms with Crippen molar-refractivity contribution in [2.45, 2.75) is 52.9 Å². The van der Waals surface area contributed by atoms with Gasteiger partial charge in [0.2, 0.25) is 0 Å². The molecule has 0 aromatic carbocycles. The van der Waals surface area contributed by atoms with Crippen LogP contribution in [-0.4, -0.2) is 30.3 Å². The second kappa shape index (κ2) is 8.64. The Kier molecular flexibility index (Phi) is 7.53. The molecule has 0 aliphatic carbocycles. The molecule has 19 heavy (non-hydrogen) atoms. The predicted octanol–water partition coefficient (Wildman–Crippen LogP) is 2.97. The summed E-state index contributed by atoms with van der Waals surface area (Å²) in [4.78, 5) is 4.52. The SMILES string of the molecule is CCCNCc1nc(COCCOC(C)(C)C)cs1. The molecule has 0 fully saturated rings. The number of ether oxygens (including phenoxy) is 2. The van der Waals surface area contributed by atoms with E-state index in [-0.39, 0.29) is 5.60 Å². The molecule has 0 atom stereocenters. The van der Waals surface area contributed by atoms with Gasteiger partial charge in [0.15, 0.2) is 0 Å². The highest BCUT2D eigenvalue weighted by Crippen LogP contribution is 2.11. The van der Waals surface area contributed by atoms with Crippen LogP contribution >= 0.6 is 11.3 Å². The summed E-state index contributed by atoms with van der Waals surface area (Å²) in [6, 6.07) is 0. The van der Waals surface area contributed by atoms with Crippen molar-refractivity contribution >= 4 is 11.3 Å². The minimum atomic E-state index is -0.0951. The summed E-state index contributed by atoms with van der Waals surface area (Å²) in [5, 5.41) is 6.53. The Morgan fingerprint density at radius 2 is 2.11 bits per heavy atom. The van der Waals surface area contributed by atoms with E-state index in [9.17, 15) is 0 Å². The number of nitrogens with zero attached hydrogens (tertiary/aromatic N) is 1. The van der Waals surface area contributed by atoms with Gasteiger partial charge in [0.1, 0.15) is 5.01 Å². The van der Waals surface area contributed by atoms with E-state index in [0.29, 0.717) is 19.8 Å². The van der Waals surface area contributed by atoms with Crippen LogP contribution in [0.5, 0.6) is 0 Å². The van der Waals surface area contributed by atoms with Crippen LogP contribution in [0.15, 0.2) is 5.38 Å². The van der Waals surface area contributed by atoms with Crippen LogP contribution in [0.1, 0.15) is 44.8 Å². The largest absolute Gasteiger partial charge is 0.373 e. The highest BCUT2D eigenvalue weighted by atomic mass is 32.1. The van der Waals surface area contributed by atoms with E-state index in [0.717, 1.165) is 30.2 Å². The second-order valence-corrected chi connectivity index (χ2v) is 6.37. The molecule has 1 heterocycles. The predicted molar refractivity (Wildman–Crippen MR) is 79.5 cm³/mol. The summed E-state index contributed by atoms with van der Waals surface area (Å²) < 4.78 is 11.1. The molecule has 1 aromatic heterocycles. The number of rotatable bonds is 9. The Bertz CT molecular complexity index is 347. The van der Waals surface area contributed by atoms with Gasteiger partial charge >= 0.3 is 0 Å². The first-order valence-corrected chi connectivity index (χ1v) is 7.75. The van der Waals surface area contributed by atoms with Gasteiger partial charge in [-0.3, -0.25) is 0 Å². The average Bonchev–Trinajstić information content (AvgIpc) is 2.75. The first-order chi connectivity index (χ1) is 9.01. The molecule has 1 N–H and O–H groups in total. The van der Waals surface area contributed by atoms with Crippen molar-refractivity contribution in [3.63, 3.8) is 0 Å². The van der Waals surface area contributed by atoms with Crippen molar-refractivity contribution in [2.75, 3.05) is 19.8 Å². The molecule has 110 valence electrons. The second-order valence-electron chi connectivity index (χ2n) is 5.42. The molecule has 0 unspecified atom stereocenters. The highest BCUT2D eigenvalue weighted by molar-refractivity contribution is 7.09. The third-order valence-corrected chi connectivity index (χ3v) is 3.21. The van der Waals surface area contributed by atoms with Gasteiger partial charge in [0.25, 0.3) is 0 Å². The van der Waals surface area contributed by atoms with Gasteiger partial charge < -0.3 is 14.8 Å². The zero-order chi connectivity index (χ0) is 14.1.